The fourth-order valence-corrected chi connectivity index (χ4v) is 2.77. The maximum atomic E-state index is 5.58. The van der Waals surface area contributed by atoms with Crippen LogP contribution in [0.25, 0.3) is 0 Å². The van der Waals surface area contributed by atoms with Gasteiger partial charge in [-0.25, -0.2) is 0 Å². The first-order valence-electron chi connectivity index (χ1n) is 7.26. The average molecular weight is 263 g/mol. The van der Waals surface area contributed by atoms with E-state index >= 15 is 0 Å². The maximum absolute atomic E-state index is 5.58. The van der Waals surface area contributed by atoms with Gasteiger partial charge in [0, 0.05) is 19.2 Å². The second kappa shape index (κ2) is 6.92. The van der Waals surface area contributed by atoms with Crippen LogP contribution in [0.3, 0.4) is 0 Å². The van der Waals surface area contributed by atoms with E-state index in [1.54, 1.807) is 7.11 Å². The Hall–Kier alpha value is -1.06. The minimum Gasteiger partial charge on any atom is -0.497 e. The molecule has 0 spiro atoms. The molecule has 0 aliphatic heterocycles. The van der Waals surface area contributed by atoms with Gasteiger partial charge in [-0.15, -0.1) is 0 Å². The van der Waals surface area contributed by atoms with Gasteiger partial charge in [0.25, 0.3) is 0 Å². The highest BCUT2D eigenvalue weighted by atomic mass is 16.5. The quantitative estimate of drug-likeness (QED) is 0.855. The zero-order chi connectivity index (χ0) is 13.7. The summed E-state index contributed by atoms with van der Waals surface area (Å²) in [5, 5.41) is 3.63. The highest BCUT2D eigenvalue weighted by Crippen LogP contribution is 2.32. The van der Waals surface area contributed by atoms with Crippen molar-refractivity contribution < 1.29 is 9.47 Å². The van der Waals surface area contributed by atoms with Crippen molar-refractivity contribution in [2.45, 2.75) is 45.3 Å². The Labute approximate surface area is 116 Å². The summed E-state index contributed by atoms with van der Waals surface area (Å²) in [5.41, 5.74) is 2.85. The molecule has 0 saturated carbocycles. The fraction of sp³-hybridized carbons (Fsp3) is 0.625. The summed E-state index contributed by atoms with van der Waals surface area (Å²) in [7, 11) is 1.73. The number of benzene rings is 1. The van der Waals surface area contributed by atoms with Gasteiger partial charge in [0.15, 0.2) is 0 Å². The molecule has 0 heterocycles. The van der Waals surface area contributed by atoms with Crippen LogP contribution in [-0.4, -0.2) is 26.4 Å². The van der Waals surface area contributed by atoms with Gasteiger partial charge in [0.1, 0.15) is 5.75 Å². The Morgan fingerprint density at radius 1 is 1.42 bits per heavy atom. The first kappa shape index (κ1) is 14.4. The van der Waals surface area contributed by atoms with Crippen molar-refractivity contribution >= 4 is 0 Å². The molecule has 3 heteroatoms. The fourth-order valence-electron chi connectivity index (χ4n) is 2.77. The van der Waals surface area contributed by atoms with E-state index in [9.17, 15) is 0 Å². The number of methoxy groups -OCH3 is 1. The first-order valence-corrected chi connectivity index (χ1v) is 7.26. The van der Waals surface area contributed by atoms with E-state index in [2.05, 4.69) is 30.4 Å². The van der Waals surface area contributed by atoms with Gasteiger partial charge in [-0.05, 0) is 56.4 Å². The van der Waals surface area contributed by atoms with Crippen LogP contribution in [0.1, 0.15) is 43.9 Å². The third-order valence-electron chi connectivity index (χ3n) is 3.77. The standard InChI is InChI=1S/C16H25NO2/c1-4-19-12(2)11-17-16-7-5-6-13-8-9-14(18-3)10-15(13)16/h8-10,12,16-17H,4-7,11H2,1-3H3. The molecular weight excluding hydrogens is 238 g/mol. The summed E-state index contributed by atoms with van der Waals surface area (Å²) in [6.07, 6.45) is 3.89. The predicted octanol–water partition coefficient (Wildman–Crippen LogP) is 3.09. The van der Waals surface area contributed by atoms with Gasteiger partial charge in [0.2, 0.25) is 0 Å². The second-order valence-electron chi connectivity index (χ2n) is 5.18. The topological polar surface area (TPSA) is 30.5 Å². The molecule has 3 nitrogen and oxygen atoms in total. The lowest BCUT2D eigenvalue weighted by Crippen LogP contribution is -2.32. The lowest BCUT2D eigenvalue weighted by atomic mass is 9.87. The Morgan fingerprint density at radius 3 is 3.00 bits per heavy atom. The molecule has 19 heavy (non-hydrogen) atoms. The van der Waals surface area contributed by atoms with E-state index in [-0.39, 0.29) is 6.10 Å². The molecule has 0 fully saturated rings. The molecule has 1 aromatic carbocycles. The zero-order valence-electron chi connectivity index (χ0n) is 12.2. The van der Waals surface area contributed by atoms with Crippen LogP contribution in [0.2, 0.25) is 0 Å². The van der Waals surface area contributed by atoms with Crippen LogP contribution in [0.5, 0.6) is 5.75 Å². The lowest BCUT2D eigenvalue weighted by molar-refractivity contribution is 0.0734. The van der Waals surface area contributed by atoms with Crippen molar-refractivity contribution in [2.75, 3.05) is 20.3 Å². The summed E-state index contributed by atoms with van der Waals surface area (Å²) in [6.45, 7) is 5.83. The number of fused-ring (bicyclic) bond motifs is 1. The smallest absolute Gasteiger partial charge is 0.119 e. The van der Waals surface area contributed by atoms with Crippen LogP contribution in [0.4, 0.5) is 0 Å². The maximum Gasteiger partial charge on any atom is 0.119 e. The molecule has 0 bridgehead atoms. The largest absolute Gasteiger partial charge is 0.497 e. The molecule has 0 amide bonds. The van der Waals surface area contributed by atoms with E-state index in [1.807, 2.05) is 6.92 Å². The van der Waals surface area contributed by atoms with Crippen LogP contribution in [0, 0.1) is 0 Å². The van der Waals surface area contributed by atoms with Crippen LogP contribution < -0.4 is 10.1 Å². The Bertz CT molecular complexity index is 406. The molecule has 106 valence electrons. The molecule has 0 saturated heterocycles. The number of ether oxygens (including phenoxy) is 2. The Balaban J connectivity index is 2.04. The number of nitrogens with one attached hydrogen (secondary N) is 1. The summed E-state index contributed by atoms with van der Waals surface area (Å²) in [4.78, 5) is 0. The highest BCUT2D eigenvalue weighted by molar-refractivity contribution is 5.39. The minimum absolute atomic E-state index is 0.265. The van der Waals surface area contributed by atoms with Gasteiger partial charge < -0.3 is 14.8 Å². The zero-order valence-corrected chi connectivity index (χ0v) is 12.2. The normalized spacial score (nSPS) is 19.8. The van der Waals surface area contributed by atoms with Crippen molar-refractivity contribution in [1.29, 1.82) is 0 Å². The van der Waals surface area contributed by atoms with Gasteiger partial charge in [0.05, 0.1) is 13.2 Å². The van der Waals surface area contributed by atoms with Gasteiger partial charge in [-0.3, -0.25) is 0 Å². The number of hydrogen-bond donors (Lipinski definition) is 1. The van der Waals surface area contributed by atoms with Crippen molar-refractivity contribution in [1.82, 2.24) is 5.32 Å². The minimum atomic E-state index is 0.265. The number of hydrogen-bond acceptors (Lipinski definition) is 3. The second-order valence-corrected chi connectivity index (χ2v) is 5.18. The summed E-state index contributed by atoms with van der Waals surface area (Å²) >= 11 is 0. The summed E-state index contributed by atoms with van der Waals surface area (Å²) < 4.78 is 10.9. The third kappa shape index (κ3) is 3.71. The van der Waals surface area contributed by atoms with Crippen LogP contribution in [-0.2, 0) is 11.2 Å². The predicted molar refractivity (Wildman–Crippen MR) is 77.8 cm³/mol. The summed E-state index contributed by atoms with van der Waals surface area (Å²) in [5.74, 6) is 0.949. The molecule has 2 unspecified atom stereocenters. The van der Waals surface area contributed by atoms with Crippen molar-refractivity contribution in [3.8, 4) is 5.75 Å². The third-order valence-corrected chi connectivity index (χ3v) is 3.77. The number of aryl methyl sites for hydroxylation is 1. The summed E-state index contributed by atoms with van der Waals surface area (Å²) in [6, 6.07) is 6.87. The van der Waals surface area contributed by atoms with Crippen molar-refractivity contribution in [3.05, 3.63) is 29.3 Å². The van der Waals surface area contributed by atoms with Crippen LogP contribution in [0.15, 0.2) is 18.2 Å². The molecule has 2 atom stereocenters. The molecule has 0 radical (unpaired) electrons. The van der Waals surface area contributed by atoms with E-state index in [4.69, 9.17) is 9.47 Å². The monoisotopic (exact) mass is 263 g/mol. The molecule has 2 rings (SSSR count). The van der Waals surface area contributed by atoms with Crippen molar-refractivity contribution in [3.63, 3.8) is 0 Å². The van der Waals surface area contributed by atoms with Gasteiger partial charge in [-0.1, -0.05) is 6.07 Å². The number of rotatable bonds is 6. The lowest BCUT2D eigenvalue weighted by Gasteiger charge is -2.28. The molecule has 1 aromatic rings. The molecule has 1 aliphatic rings. The molecule has 0 aromatic heterocycles. The van der Waals surface area contributed by atoms with Gasteiger partial charge >= 0.3 is 0 Å². The Kier molecular flexibility index (Phi) is 5.23. The molecular formula is C16H25NO2. The SMILES string of the molecule is CCOC(C)CNC1CCCc2ccc(OC)cc21. The first-order chi connectivity index (χ1) is 9.24. The average Bonchev–Trinajstić information content (AvgIpc) is 2.44. The molecule has 1 N–H and O–H groups in total. The van der Waals surface area contributed by atoms with Crippen LogP contribution >= 0.6 is 0 Å². The highest BCUT2D eigenvalue weighted by Gasteiger charge is 2.20. The van der Waals surface area contributed by atoms with E-state index in [0.29, 0.717) is 6.04 Å². The van der Waals surface area contributed by atoms with E-state index in [0.717, 1.165) is 18.9 Å². The van der Waals surface area contributed by atoms with E-state index < -0.39 is 0 Å². The Morgan fingerprint density at radius 2 is 2.26 bits per heavy atom. The van der Waals surface area contributed by atoms with E-state index in [1.165, 1.54) is 30.4 Å². The van der Waals surface area contributed by atoms with Gasteiger partial charge in [-0.2, -0.15) is 0 Å². The van der Waals surface area contributed by atoms with Crippen molar-refractivity contribution in [2.24, 2.45) is 0 Å². The molecule has 1 aliphatic carbocycles.